The van der Waals surface area contributed by atoms with Gasteiger partial charge >= 0.3 is 0 Å². The van der Waals surface area contributed by atoms with Crippen LogP contribution in [-0.4, -0.2) is 6.54 Å². The average molecular weight is 157 g/mol. The van der Waals surface area contributed by atoms with Crippen LogP contribution in [-0.2, 0) is 0 Å². The minimum Gasteiger partial charge on any atom is -0.466 e. The van der Waals surface area contributed by atoms with Crippen molar-refractivity contribution in [1.29, 1.82) is 0 Å². The van der Waals surface area contributed by atoms with Gasteiger partial charge in [-0.3, -0.25) is 0 Å². The van der Waals surface area contributed by atoms with Crippen LogP contribution in [0.25, 0.3) is 0 Å². The summed E-state index contributed by atoms with van der Waals surface area (Å²) in [4.78, 5) is 0. The van der Waals surface area contributed by atoms with Gasteiger partial charge in [0, 0.05) is 12.1 Å². The number of aryl methyl sites for hydroxylation is 2. The summed E-state index contributed by atoms with van der Waals surface area (Å²) in [7, 11) is 0. The van der Waals surface area contributed by atoms with E-state index in [0.717, 1.165) is 5.76 Å². The van der Waals surface area contributed by atoms with E-state index in [0.29, 0.717) is 11.3 Å². The topological polar surface area (TPSA) is 39.2 Å². The van der Waals surface area contributed by atoms with Crippen molar-refractivity contribution >= 4 is 0 Å². The van der Waals surface area contributed by atoms with Crippen molar-refractivity contribution < 1.29 is 8.81 Å². The molecular weight excluding hydrogens is 145 g/mol. The average Bonchev–Trinajstić information content (AvgIpc) is 2.28. The fourth-order valence-electron chi connectivity index (χ4n) is 1.09. The second kappa shape index (κ2) is 3.05. The van der Waals surface area contributed by atoms with E-state index in [1.807, 2.05) is 0 Å². The maximum Gasteiger partial charge on any atom is 0.141 e. The smallest absolute Gasteiger partial charge is 0.141 e. The van der Waals surface area contributed by atoms with Crippen LogP contribution in [0.5, 0.6) is 0 Å². The summed E-state index contributed by atoms with van der Waals surface area (Å²) < 4.78 is 18.1. The van der Waals surface area contributed by atoms with Crippen LogP contribution in [0.2, 0.25) is 0 Å². The largest absolute Gasteiger partial charge is 0.466 e. The highest BCUT2D eigenvalue weighted by Crippen LogP contribution is 2.23. The van der Waals surface area contributed by atoms with Gasteiger partial charge in [0.25, 0.3) is 0 Å². The summed E-state index contributed by atoms with van der Waals surface area (Å²) in [6.45, 7) is 3.55. The first-order valence-electron chi connectivity index (χ1n) is 3.56. The molecule has 1 aromatic rings. The Morgan fingerprint density at radius 1 is 1.64 bits per heavy atom. The molecule has 0 aliphatic heterocycles. The molecule has 1 rings (SSSR count). The molecule has 1 atom stereocenters. The van der Waals surface area contributed by atoms with Gasteiger partial charge < -0.3 is 10.2 Å². The predicted molar refractivity (Wildman–Crippen MR) is 41.1 cm³/mol. The van der Waals surface area contributed by atoms with Crippen molar-refractivity contribution in [2.24, 2.45) is 5.73 Å². The fraction of sp³-hybridized carbons (Fsp3) is 0.500. The first-order chi connectivity index (χ1) is 5.15. The molecule has 2 N–H and O–H groups in total. The molecule has 0 radical (unpaired) electrons. The Morgan fingerprint density at radius 2 is 2.27 bits per heavy atom. The lowest BCUT2D eigenvalue weighted by Crippen LogP contribution is -2.07. The molecule has 0 aliphatic carbocycles. The third kappa shape index (κ3) is 1.60. The van der Waals surface area contributed by atoms with Gasteiger partial charge in [-0.2, -0.15) is 0 Å². The molecule has 2 nitrogen and oxygen atoms in total. The monoisotopic (exact) mass is 157 g/mol. The summed E-state index contributed by atoms with van der Waals surface area (Å²) in [5, 5.41) is 0. The highest BCUT2D eigenvalue weighted by molar-refractivity contribution is 5.22. The third-order valence-corrected chi connectivity index (χ3v) is 1.62. The van der Waals surface area contributed by atoms with E-state index in [1.165, 1.54) is 0 Å². The zero-order valence-electron chi connectivity index (χ0n) is 6.73. The van der Waals surface area contributed by atoms with E-state index in [4.69, 9.17) is 10.2 Å². The summed E-state index contributed by atoms with van der Waals surface area (Å²) >= 11 is 0. The van der Waals surface area contributed by atoms with E-state index in [9.17, 15) is 4.39 Å². The van der Waals surface area contributed by atoms with Crippen molar-refractivity contribution in [1.82, 2.24) is 0 Å². The van der Waals surface area contributed by atoms with Crippen molar-refractivity contribution in [3.8, 4) is 0 Å². The third-order valence-electron chi connectivity index (χ3n) is 1.62. The van der Waals surface area contributed by atoms with E-state index >= 15 is 0 Å². The number of rotatable bonds is 2. The molecule has 0 aliphatic rings. The van der Waals surface area contributed by atoms with Crippen LogP contribution in [0.4, 0.5) is 4.39 Å². The Hall–Kier alpha value is -0.830. The van der Waals surface area contributed by atoms with E-state index in [1.54, 1.807) is 19.9 Å². The molecule has 0 aromatic carbocycles. The standard InChI is InChI=1S/C8H12FNO/c1-5-3-7(6(2)11-5)8(9)4-10/h3,8H,4,10H2,1-2H3. The van der Waals surface area contributed by atoms with Crippen LogP contribution in [0, 0.1) is 13.8 Å². The Bertz CT molecular complexity index is 244. The van der Waals surface area contributed by atoms with Gasteiger partial charge in [0.05, 0.1) is 0 Å². The number of alkyl halides is 1. The molecule has 0 fully saturated rings. The maximum absolute atomic E-state index is 13.0. The molecular formula is C8H12FNO. The van der Waals surface area contributed by atoms with Crippen molar-refractivity contribution in [2.45, 2.75) is 20.0 Å². The Morgan fingerprint density at radius 3 is 2.64 bits per heavy atom. The molecule has 0 spiro atoms. The van der Waals surface area contributed by atoms with Gasteiger partial charge in [0.2, 0.25) is 0 Å². The summed E-state index contributed by atoms with van der Waals surface area (Å²) in [5.74, 6) is 1.36. The Kier molecular flexibility index (Phi) is 2.29. The van der Waals surface area contributed by atoms with E-state index < -0.39 is 6.17 Å². The number of hydrogen-bond acceptors (Lipinski definition) is 2. The van der Waals surface area contributed by atoms with E-state index in [-0.39, 0.29) is 6.54 Å². The lowest BCUT2D eigenvalue weighted by molar-refractivity contribution is 0.346. The van der Waals surface area contributed by atoms with Crippen molar-refractivity contribution in [2.75, 3.05) is 6.54 Å². The van der Waals surface area contributed by atoms with E-state index in [2.05, 4.69) is 0 Å². The molecule has 11 heavy (non-hydrogen) atoms. The van der Waals surface area contributed by atoms with Crippen molar-refractivity contribution in [3.63, 3.8) is 0 Å². The molecule has 0 saturated heterocycles. The van der Waals surface area contributed by atoms with Gasteiger partial charge in [0.1, 0.15) is 17.7 Å². The van der Waals surface area contributed by atoms with Gasteiger partial charge in [-0.05, 0) is 19.9 Å². The molecule has 0 bridgehead atoms. The van der Waals surface area contributed by atoms with Gasteiger partial charge in [0.15, 0.2) is 0 Å². The molecule has 0 amide bonds. The zero-order chi connectivity index (χ0) is 8.43. The van der Waals surface area contributed by atoms with Crippen LogP contribution >= 0.6 is 0 Å². The van der Waals surface area contributed by atoms with Crippen LogP contribution < -0.4 is 5.73 Å². The second-order valence-corrected chi connectivity index (χ2v) is 2.57. The second-order valence-electron chi connectivity index (χ2n) is 2.57. The van der Waals surface area contributed by atoms with Crippen LogP contribution in [0.3, 0.4) is 0 Å². The summed E-state index contributed by atoms with van der Waals surface area (Å²) in [5.41, 5.74) is 5.74. The molecule has 62 valence electrons. The summed E-state index contributed by atoms with van der Waals surface area (Å²) in [6, 6.07) is 1.69. The minimum atomic E-state index is -1.09. The lowest BCUT2D eigenvalue weighted by atomic mass is 10.1. The number of hydrogen-bond donors (Lipinski definition) is 1. The Labute approximate surface area is 65.2 Å². The lowest BCUT2D eigenvalue weighted by Gasteiger charge is -2.00. The highest BCUT2D eigenvalue weighted by Gasteiger charge is 2.13. The normalized spacial score (nSPS) is 13.5. The zero-order valence-corrected chi connectivity index (χ0v) is 6.73. The minimum absolute atomic E-state index is 0.0137. The van der Waals surface area contributed by atoms with Crippen LogP contribution in [0.15, 0.2) is 10.5 Å². The molecule has 1 aromatic heterocycles. The highest BCUT2D eigenvalue weighted by atomic mass is 19.1. The van der Waals surface area contributed by atoms with Crippen molar-refractivity contribution in [3.05, 3.63) is 23.2 Å². The number of halogens is 1. The number of furan rings is 1. The first-order valence-corrected chi connectivity index (χ1v) is 3.56. The first kappa shape index (κ1) is 8.27. The van der Waals surface area contributed by atoms with Gasteiger partial charge in [-0.15, -0.1) is 0 Å². The summed E-state index contributed by atoms with van der Waals surface area (Å²) in [6.07, 6.45) is -1.09. The fourth-order valence-corrected chi connectivity index (χ4v) is 1.09. The quantitative estimate of drug-likeness (QED) is 0.711. The SMILES string of the molecule is Cc1cc(C(F)CN)c(C)o1. The molecule has 3 heteroatoms. The molecule has 1 heterocycles. The Balaban J connectivity index is 2.93. The predicted octanol–water partition coefficient (Wildman–Crippen LogP) is 1.87. The van der Waals surface area contributed by atoms with Crippen LogP contribution in [0.1, 0.15) is 23.3 Å². The molecule has 1 unspecified atom stereocenters. The number of nitrogens with two attached hydrogens (primary N) is 1. The van der Waals surface area contributed by atoms with Gasteiger partial charge in [-0.1, -0.05) is 0 Å². The maximum atomic E-state index is 13.0. The molecule has 0 saturated carbocycles. The van der Waals surface area contributed by atoms with Gasteiger partial charge in [-0.25, -0.2) is 4.39 Å².